The molecule has 0 aliphatic heterocycles. The molecule has 0 saturated heterocycles. The van der Waals surface area contributed by atoms with Crippen LogP contribution in [0.2, 0.25) is 0 Å². The van der Waals surface area contributed by atoms with Crippen LogP contribution in [0.1, 0.15) is 49.9 Å². The van der Waals surface area contributed by atoms with Gasteiger partial charge in [-0.25, -0.2) is 4.98 Å². The van der Waals surface area contributed by atoms with Crippen LogP contribution in [0, 0.1) is 11.8 Å². The highest BCUT2D eigenvalue weighted by atomic mass is 32.1. The predicted octanol–water partition coefficient (Wildman–Crippen LogP) is 3.62. The van der Waals surface area contributed by atoms with E-state index in [9.17, 15) is 0 Å². The second kappa shape index (κ2) is 5.96. The lowest BCUT2D eigenvalue weighted by atomic mass is 9.79. The van der Waals surface area contributed by atoms with E-state index in [1.165, 1.54) is 29.1 Å². The summed E-state index contributed by atoms with van der Waals surface area (Å²) in [6.07, 6.45) is 7.28. The fourth-order valence-corrected chi connectivity index (χ4v) is 3.70. The zero-order chi connectivity index (χ0) is 12.3. The van der Waals surface area contributed by atoms with Gasteiger partial charge in [-0.15, -0.1) is 11.3 Å². The van der Waals surface area contributed by atoms with E-state index in [4.69, 9.17) is 0 Å². The molecule has 1 saturated carbocycles. The number of hydrogen-bond acceptors (Lipinski definition) is 3. The minimum absolute atomic E-state index is 0.678. The Kier molecular flexibility index (Phi) is 4.57. The SMILES string of the molecule is CCc1cnc(CNC2C(C)CCCC2C)s1. The first-order valence-corrected chi connectivity index (χ1v) is 7.69. The molecule has 17 heavy (non-hydrogen) atoms. The summed E-state index contributed by atoms with van der Waals surface area (Å²) in [6.45, 7) is 7.90. The van der Waals surface area contributed by atoms with Gasteiger partial charge < -0.3 is 5.32 Å². The lowest BCUT2D eigenvalue weighted by Gasteiger charge is -2.35. The predicted molar refractivity (Wildman–Crippen MR) is 74.3 cm³/mol. The summed E-state index contributed by atoms with van der Waals surface area (Å²) >= 11 is 1.85. The Hall–Kier alpha value is -0.410. The number of nitrogens with zero attached hydrogens (tertiary/aromatic N) is 1. The van der Waals surface area contributed by atoms with Crippen LogP contribution in [0.4, 0.5) is 0 Å². The van der Waals surface area contributed by atoms with Crippen LogP contribution in [-0.4, -0.2) is 11.0 Å². The van der Waals surface area contributed by atoms with Crippen molar-refractivity contribution in [2.45, 2.75) is 59.0 Å². The maximum atomic E-state index is 4.48. The van der Waals surface area contributed by atoms with Crippen molar-refractivity contribution in [2.24, 2.45) is 11.8 Å². The zero-order valence-corrected chi connectivity index (χ0v) is 12.0. The lowest BCUT2D eigenvalue weighted by Crippen LogP contribution is -2.42. The van der Waals surface area contributed by atoms with Gasteiger partial charge in [-0.1, -0.05) is 27.2 Å². The first kappa shape index (κ1) is 13.0. The molecule has 0 aromatic carbocycles. The standard InChI is InChI=1S/C14H24N2S/c1-4-12-8-15-13(17-12)9-16-14-10(2)6-5-7-11(14)3/h8,10-11,14,16H,4-7,9H2,1-3H3. The molecule has 1 aromatic heterocycles. The molecular formula is C14H24N2S. The number of thiazole rings is 1. The van der Waals surface area contributed by atoms with E-state index < -0.39 is 0 Å². The molecule has 2 rings (SSSR count). The van der Waals surface area contributed by atoms with Gasteiger partial charge in [-0.2, -0.15) is 0 Å². The quantitative estimate of drug-likeness (QED) is 0.885. The first-order chi connectivity index (χ1) is 8.20. The highest BCUT2D eigenvalue weighted by molar-refractivity contribution is 7.11. The second-order valence-corrected chi connectivity index (χ2v) is 6.57. The Morgan fingerprint density at radius 1 is 1.35 bits per heavy atom. The second-order valence-electron chi connectivity index (χ2n) is 5.37. The molecule has 0 amide bonds. The highest BCUT2D eigenvalue weighted by Gasteiger charge is 2.27. The number of aromatic nitrogens is 1. The van der Waals surface area contributed by atoms with E-state index in [-0.39, 0.29) is 0 Å². The van der Waals surface area contributed by atoms with Crippen molar-refractivity contribution in [3.63, 3.8) is 0 Å². The number of nitrogens with one attached hydrogen (secondary N) is 1. The molecule has 0 bridgehead atoms. The van der Waals surface area contributed by atoms with E-state index in [1.54, 1.807) is 0 Å². The Labute approximate surface area is 109 Å². The molecule has 1 heterocycles. The largest absolute Gasteiger partial charge is 0.307 e. The fourth-order valence-electron chi connectivity index (χ4n) is 2.88. The highest BCUT2D eigenvalue weighted by Crippen LogP contribution is 2.29. The molecule has 1 fully saturated rings. The van der Waals surface area contributed by atoms with Crippen LogP contribution in [0.15, 0.2) is 6.20 Å². The topological polar surface area (TPSA) is 24.9 Å². The molecule has 3 heteroatoms. The monoisotopic (exact) mass is 252 g/mol. The molecule has 0 spiro atoms. The summed E-state index contributed by atoms with van der Waals surface area (Å²) in [6, 6.07) is 0.678. The molecule has 2 nitrogen and oxygen atoms in total. The molecule has 1 N–H and O–H groups in total. The minimum atomic E-state index is 0.678. The van der Waals surface area contributed by atoms with Gasteiger partial charge in [0.05, 0.1) is 0 Å². The molecule has 1 aliphatic carbocycles. The van der Waals surface area contributed by atoms with Gasteiger partial charge in [0.25, 0.3) is 0 Å². The van der Waals surface area contributed by atoms with Gasteiger partial charge in [0.2, 0.25) is 0 Å². The summed E-state index contributed by atoms with van der Waals surface area (Å²) in [5.74, 6) is 1.62. The molecule has 1 aliphatic rings. The third-order valence-electron chi connectivity index (χ3n) is 3.98. The van der Waals surface area contributed by atoms with Crippen molar-refractivity contribution >= 4 is 11.3 Å². The van der Waals surface area contributed by atoms with Gasteiger partial charge in [-0.05, 0) is 31.1 Å². The summed E-state index contributed by atoms with van der Waals surface area (Å²) in [7, 11) is 0. The Morgan fingerprint density at radius 2 is 2.06 bits per heavy atom. The fraction of sp³-hybridized carbons (Fsp3) is 0.786. The van der Waals surface area contributed by atoms with Gasteiger partial charge in [0.15, 0.2) is 0 Å². The van der Waals surface area contributed by atoms with E-state index in [0.29, 0.717) is 6.04 Å². The van der Waals surface area contributed by atoms with E-state index in [1.807, 2.05) is 17.5 Å². The third kappa shape index (κ3) is 3.29. The van der Waals surface area contributed by atoms with E-state index >= 15 is 0 Å². The van der Waals surface area contributed by atoms with Crippen molar-refractivity contribution in [1.82, 2.24) is 10.3 Å². The lowest BCUT2D eigenvalue weighted by molar-refractivity contribution is 0.207. The van der Waals surface area contributed by atoms with Crippen LogP contribution < -0.4 is 5.32 Å². The summed E-state index contributed by atoms with van der Waals surface area (Å²) in [4.78, 5) is 5.87. The summed E-state index contributed by atoms with van der Waals surface area (Å²) in [5.41, 5.74) is 0. The van der Waals surface area contributed by atoms with Crippen LogP contribution in [-0.2, 0) is 13.0 Å². The molecular weight excluding hydrogens is 228 g/mol. The average molecular weight is 252 g/mol. The molecule has 2 atom stereocenters. The Balaban J connectivity index is 1.87. The van der Waals surface area contributed by atoms with E-state index in [0.717, 1.165) is 24.8 Å². The molecule has 0 radical (unpaired) electrons. The third-order valence-corrected chi connectivity index (χ3v) is 5.13. The van der Waals surface area contributed by atoms with Crippen molar-refractivity contribution < 1.29 is 0 Å². The van der Waals surface area contributed by atoms with Gasteiger partial charge in [-0.3, -0.25) is 0 Å². The summed E-state index contributed by atoms with van der Waals surface area (Å²) in [5, 5.41) is 4.97. The van der Waals surface area contributed by atoms with Crippen LogP contribution in [0.25, 0.3) is 0 Å². The van der Waals surface area contributed by atoms with Crippen molar-refractivity contribution in [3.05, 3.63) is 16.1 Å². The Bertz CT molecular complexity index is 338. The van der Waals surface area contributed by atoms with Gasteiger partial charge in [0.1, 0.15) is 5.01 Å². The molecule has 1 aromatic rings. The molecule has 2 unspecified atom stereocenters. The van der Waals surface area contributed by atoms with Crippen LogP contribution in [0.3, 0.4) is 0 Å². The van der Waals surface area contributed by atoms with E-state index in [2.05, 4.69) is 31.1 Å². The number of rotatable bonds is 4. The van der Waals surface area contributed by atoms with Crippen LogP contribution >= 0.6 is 11.3 Å². The smallest absolute Gasteiger partial charge is 0.107 e. The van der Waals surface area contributed by atoms with Crippen molar-refractivity contribution in [1.29, 1.82) is 0 Å². The Morgan fingerprint density at radius 3 is 2.65 bits per heavy atom. The maximum Gasteiger partial charge on any atom is 0.107 e. The first-order valence-electron chi connectivity index (χ1n) is 6.87. The van der Waals surface area contributed by atoms with Crippen molar-refractivity contribution in [2.75, 3.05) is 0 Å². The van der Waals surface area contributed by atoms with Gasteiger partial charge in [0, 0.05) is 23.7 Å². The van der Waals surface area contributed by atoms with Gasteiger partial charge >= 0.3 is 0 Å². The van der Waals surface area contributed by atoms with Crippen LogP contribution in [0.5, 0.6) is 0 Å². The number of hydrogen-bond donors (Lipinski definition) is 1. The maximum absolute atomic E-state index is 4.48. The number of aryl methyl sites for hydroxylation is 1. The minimum Gasteiger partial charge on any atom is -0.307 e. The normalized spacial score (nSPS) is 29.5. The zero-order valence-electron chi connectivity index (χ0n) is 11.2. The molecule has 96 valence electrons. The van der Waals surface area contributed by atoms with Crippen molar-refractivity contribution in [3.8, 4) is 0 Å². The summed E-state index contributed by atoms with van der Waals surface area (Å²) < 4.78 is 0. The average Bonchev–Trinajstić information content (AvgIpc) is 2.76.